The van der Waals surface area contributed by atoms with E-state index >= 15 is 0 Å². The third kappa shape index (κ3) is 17.6. The van der Waals surface area contributed by atoms with Crippen LogP contribution in [0.1, 0.15) is 147 Å². The second-order valence-electron chi connectivity index (χ2n) is 25.9. The fourth-order valence-corrected chi connectivity index (χ4v) is 23.9. The van der Waals surface area contributed by atoms with Crippen LogP contribution in [0.2, 0.25) is 21.7 Å². The van der Waals surface area contributed by atoms with Gasteiger partial charge in [-0.05, 0) is 136 Å². The van der Waals surface area contributed by atoms with Gasteiger partial charge in [-0.3, -0.25) is 0 Å². The summed E-state index contributed by atoms with van der Waals surface area (Å²) < 4.78 is 53.9. The quantitative estimate of drug-likeness (QED) is 0.0370. The van der Waals surface area contributed by atoms with E-state index < -0.39 is 34.9 Å². The number of hydrogen-bond donors (Lipinski definition) is 1. The van der Waals surface area contributed by atoms with Crippen LogP contribution < -0.4 is 19.8 Å². The molecule has 4 aromatic rings. The predicted molar refractivity (Wildman–Crippen MR) is 341 cm³/mol. The first kappa shape index (κ1) is 67.9. The molecule has 1 aliphatic carbocycles. The van der Waals surface area contributed by atoms with Crippen molar-refractivity contribution in [3.05, 3.63) is 145 Å². The zero-order chi connectivity index (χ0) is 59.7. The van der Waals surface area contributed by atoms with Gasteiger partial charge in [0, 0.05) is 26.6 Å². The van der Waals surface area contributed by atoms with Crippen LogP contribution in [0.3, 0.4) is 0 Å². The molecule has 1 N–H and O–H groups in total. The molecular weight excluding hydrogens is 1040 g/mol. The fraction of sp³-hybridized carbons (Fsp3) is 0.600. The summed E-state index contributed by atoms with van der Waals surface area (Å²) in [5.41, 5.74) is 4.19. The van der Waals surface area contributed by atoms with Crippen molar-refractivity contribution in [2.75, 3.05) is 28.4 Å². The highest BCUT2D eigenvalue weighted by molar-refractivity contribution is 6.99. The molecule has 0 unspecified atom stereocenters. The maximum Gasteiger partial charge on any atom is 0.261 e. The molecule has 0 spiro atoms. The van der Waals surface area contributed by atoms with E-state index in [2.05, 4.69) is 195 Å². The Bertz CT molecular complexity index is 2380. The lowest BCUT2D eigenvalue weighted by atomic mass is 9.78. The van der Waals surface area contributed by atoms with Gasteiger partial charge in [0.2, 0.25) is 8.32 Å². The summed E-state index contributed by atoms with van der Waals surface area (Å²) >= 11 is 0. The summed E-state index contributed by atoms with van der Waals surface area (Å²) in [7, 11) is 1.71. The third-order valence-electron chi connectivity index (χ3n) is 18.1. The van der Waals surface area contributed by atoms with Gasteiger partial charge in [0.05, 0.1) is 64.1 Å². The number of allylic oxidation sites excluding steroid dienone is 1. The monoisotopic (exact) mass is 1150 g/mol. The van der Waals surface area contributed by atoms with E-state index in [1.165, 1.54) is 10.4 Å². The maximum absolute atomic E-state index is 12.5. The Balaban J connectivity index is 1.47. The number of hydrogen-bond acceptors (Lipinski definition) is 9. The Morgan fingerprint density at radius 3 is 1.59 bits per heavy atom. The summed E-state index contributed by atoms with van der Waals surface area (Å²) in [6.45, 7) is 37.2. The van der Waals surface area contributed by atoms with Crippen LogP contribution in [-0.2, 0) is 41.0 Å². The van der Waals surface area contributed by atoms with E-state index in [4.69, 9.17) is 37.3 Å². The van der Waals surface area contributed by atoms with Gasteiger partial charge in [0.25, 0.3) is 8.32 Å². The van der Waals surface area contributed by atoms with Crippen LogP contribution in [-0.4, -0.2) is 92.9 Å². The number of ether oxygens (including phenoxy) is 6. The third-order valence-corrected chi connectivity index (χ3v) is 29.3. The normalized spacial score (nSPS) is 20.1. The lowest BCUT2D eigenvalue weighted by molar-refractivity contribution is -0.122. The molecule has 0 saturated heterocycles. The van der Waals surface area contributed by atoms with E-state index in [0.29, 0.717) is 42.2 Å². The van der Waals surface area contributed by atoms with Gasteiger partial charge in [0.15, 0.2) is 0 Å². The largest absolute Gasteiger partial charge is 0.497 e. The zero-order valence-electron chi connectivity index (χ0n) is 53.3. The Morgan fingerprint density at radius 2 is 1.15 bits per heavy atom. The van der Waals surface area contributed by atoms with Gasteiger partial charge in [-0.1, -0.05) is 187 Å². The average molecular weight is 1150 g/mol. The van der Waals surface area contributed by atoms with Crippen LogP contribution in [0, 0.1) is 29.6 Å². The molecule has 5 rings (SSSR count). The van der Waals surface area contributed by atoms with E-state index in [1.54, 1.807) is 14.2 Å². The summed E-state index contributed by atoms with van der Waals surface area (Å²) in [6.07, 6.45) is 7.13. The van der Waals surface area contributed by atoms with Crippen LogP contribution in [0.4, 0.5) is 0 Å². The van der Waals surface area contributed by atoms with E-state index in [9.17, 15) is 5.11 Å². The van der Waals surface area contributed by atoms with Crippen LogP contribution in [0.15, 0.2) is 133 Å². The summed E-state index contributed by atoms with van der Waals surface area (Å²) in [5.74, 6) is 2.26. The van der Waals surface area contributed by atoms with Crippen molar-refractivity contribution in [1.29, 1.82) is 0 Å². The standard InChI is InChI=1S/C70H108O9Si2/c1-20-51(8)41-54(11)67(77-47-57-33-38-60(73-17)39-34-57)69(75-19)68(79-80(48(2)3,49(4)5)50(6)7)55(12)42-53(10)65(76-46-56-31-36-59(72-16)37-32-56)45-63(71)52(9)43-58-35-40-64(66(44-58)74-18)78-81(70(13,14)15,61-27-23-21-24-28-61)62-29-25-22-26-30-62/h20-34,36-39,42,48-54,58,63-69,71H,1,35,40-41,43-47H2,2-19H3/b55-42+/t51-,52-,53-,54-,58+,63+,64-,65+,66-,67-,68-,69+/m1/s1. The summed E-state index contributed by atoms with van der Waals surface area (Å²) in [6, 6.07) is 38.0. The molecule has 450 valence electrons. The highest BCUT2D eigenvalue weighted by atomic mass is 28.4. The number of methoxy groups -OCH3 is 4. The Morgan fingerprint density at radius 1 is 0.642 bits per heavy atom. The van der Waals surface area contributed by atoms with Crippen molar-refractivity contribution in [2.24, 2.45) is 29.6 Å². The summed E-state index contributed by atoms with van der Waals surface area (Å²) in [4.78, 5) is 0. The first-order chi connectivity index (χ1) is 38.5. The van der Waals surface area contributed by atoms with Gasteiger partial charge >= 0.3 is 0 Å². The summed E-state index contributed by atoms with van der Waals surface area (Å²) in [5, 5.41) is 14.9. The molecule has 0 amide bonds. The first-order valence-electron chi connectivity index (χ1n) is 30.5. The first-order valence-corrected chi connectivity index (χ1v) is 34.5. The Labute approximate surface area is 494 Å². The number of aliphatic hydroxyl groups excluding tert-OH is 1. The second-order valence-corrected chi connectivity index (χ2v) is 35.5. The van der Waals surface area contributed by atoms with Gasteiger partial charge in [-0.2, -0.15) is 0 Å². The fourth-order valence-electron chi connectivity index (χ4n) is 13.6. The van der Waals surface area contributed by atoms with E-state index in [0.717, 1.165) is 60.3 Å². The van der Waals surface area contributed by atoms with Crippen molar-refractivity contribution in [3.8, 4) is 11.5 Å². The molecule has 11 heteroatoms. The minimum absolute atomic E-state index is 0.0118. The molecule has 12 atom stereocenters. The SMILES string of the molecule is C=C[C@@H](C)C[C@@H](C)[C@@H](OCc1ccc(OC)cc1)[C@H](OC)[C@H](O[Si](C(C)C)(C(C)C)C(C)C)/C(C)=C/[C@@H](C)[C@H](C[C@H](O)[C@H](C)C[C@@H]1CC[C@@H](O[Si](c2ccccc2)(c2ccccc2)C(C)(C)C)[C@H](OC)C1)OCc1ccc(OC)cc1. The van der Waals surface area contributed by atoms with Crippen molar-refractivity contribution < 1.29 is 42.4 Å². The van der Waals surface area contributed by atoms with Crippen molar-refractivity contribution in [2.45, 2.75) is 213 Å². The lowest BCUT2D eigenvalue weighted by Crippen LogP contribution is -2.68. The molecule has 81 heavy (non-hydrogen) atoms. The van der Waals surface area contributed by atoms with Crippen LogP contribution >= 0.6 is 0 Å². The van der Waals surface area contributed by atoms with Crippen molar-refractivity contribution in [3.63, 3.8) is 0 Å². The highest BCUT2D eigenvalue weighted by Crippen LogP contribution is 2.46. The second kappa shape index (κ2) is 31.9. The smallest absolute Gasteiger partial charge is 0.261 e. The predicted octanol–water partition coefficient (Wildman–Crippen LogP) is 15.7. The molecule has 0 heterocycles. The molecule has 1 saturated carbocycles. The lowest BCUT2D eigenvalue weighted by Gasteiger charge is -2.48. The van der Waals surface area contributed by atoms with Crippen LogP contribution in [0.25, 0.3) is 0 Å². The molecular formula is C70H108O9Si2. The molecule has 9 nitrogen and oxygen atoms in total. The molecule has 0 aromatic heterocycles. The highest BCUT2D eigenvalue weighted by Gasteiger charge is 2.53. The average Bonchev–Trinajstić information content (AvgIpc) is 3.57. The molecule has 0 aliphatic heterocycles. The van der Waals surface area contributed by atoms with Gasteiger partial charge < -0.3 is 42.4 Å². The maximum atomic E-state index is 12.5. The zero-order valence-corrected chi connectivity index (χ0v) is 55.3. The van der Waals surface area contributed by atoms with Gasteiger partial charge in [0.1, 0.15) is 17.6 Å². The topological polar surface area (TPSA) is 94.1 Å². The van der Waals surface area contributed by atoms with Crippen molar-refractivity contribution >= 4 is 27.0 Å². The van der Waals surface area contributed by atoms with Crippen LogP contribution in [0.5, 0.6) is 11.5 Å². The molecule has 4 aromatic carbocycles. The Kier molecular flexibility index (Phi) is 26.7. The van der Waals surface area contributed by atoms with E-state index in [-0.39, 0.29) is 53.1 Å². The minimum Gasteiger partial charge on any atom is -0.497 e. The molecule has 0 bridgehead atoms. The van der Waals surface area contributed by atoms with Gasteiger partial charge in [-0.15, -0.1) is 6.58 Å². The number of rotatable bonds is 33. The van der Waals surface area contributed by atoms with Gasteiger partial charge in [-0.25, -0.2) is 0 Å². The minimum atomic E-state index is -2.80. The molecule has 1 fully saturated rings. The molecule has 1 aliphatic rings. The molecule has 0 radical (unpaired) electrons. The Hall–Kier alpha value is -3.89. The van der Waals surface area contributed by atoms with Crippen molar-refractivity contribution in [1.82, 2.24) is 0 Å². The van der Waals surface area contributed by atoms with E-state index in [1.807, 2.05) is 44.6 Å². The number of benzene rings is 4. The number of aliphatic hydroxyl groups is 1.